The summed E-state index contributed by atoms with van der Waals surface area (Å²) in [5, 5.41) is 18.9. The van der Waals surface area contributed by atoms with Gasteiger partial charge in [-0.05, 0) is 23.7 Å². The van der Waals surface area contributed by atoms with Crippen molar-refractivity contribution < 1.29 is 9.53 Å². The molecule has 0 fully saturated rings. The summed E-state index contributed by atoms with van der Waals surface area (Å²) in [6, 6.07) is 6.86. The molecule has 0 atom stereocenters. The van der Waals surface area contributed by atoms with Gasteiger partial charge in [0.2, 0.25) is 9.47 Å². The molecular formula is C11H7ClN4O2S. The molecule has 2 aromatic rings. The average Bonchev–Trinajstić information content (AvgIpc) is 2.85. The second-order valence-electron chi connectivity index (χ2n) is 3.31. The van der Waals surface area contributed by atoms with E-state index in [0.29, 0.717) is 17.0 Å². The minimum atomic E-state index is -0.495. The maximum Gasteiger partial charge on any atom is 0.286 e. The highest BCUT2D eigenvalue weighted by Gasteiger charge is 2.16. The zero-order chi connectivity index (χ0) is 13.8. The van der Waals surface area contributed by atoms with E-state index in [9.17, 15) is 4.79 Å². The van der Waals surface area contributed by atoms with Gasteiger partial charge in [0.1, 0.15) is 17.5 Å². The van der Waals surface area contributed by atoms with Gasteiger partial charge in [-0.15, -0.1) is 10.2 Å². The summed E-state index contributed by atoms with van der Waals surface area (Å²) in [7, 11) is 1.45. The fourth-order valence-electron chi connectivity index (χ4n) is 1.39. The van der Waals surface area contributed by atoms with Crippen molar-refractivity contribution in [3.63, 3.8) is 0 Å². The molecule has 0 unspecified atom stereocenters. The Balaban J connectivity index is 2.33. The van der Waals surface area contributed by atoms with Crippen molar-refractivity contribution in [2.75, 3.05) is 12.4 Å². The topological polar surface area (TPSA) is 87.9 Å². The number of nitrogens with one attached hydrogen (secondary N) is 1. The van der Waals surface area contributed by atoms with Crippen LogP contribution in [0.3, 0.4) is 0 Å². The van der Waals surface area contributed by atoms with E-state index < -0.39 is 5.91 Å². The summed E-state index contributed by atoms with van der Waals surface area (Å²) < 4.78 is 5.28. The molecule has 2 rings (SSSR count). The number of anilines is 1. The lowest BCUT2D eigenvalue weighted by Crippen LogP contribution is -2.13. The van der Waals surface area contributed by atoms with Gasteiger partial charge in [-0.2, -0.15) is 5.26 Å². The number of rotatable bonds is 3. The SMILES string of the molecule is COc1cccc(C#N)c1NC(=O)c1nnc(Cl)s1. The normalized spacial score (nSPS) is 9.74. The third-order valence-electron chi connectivity index (χ3n) is 2.20. The van der Waals surface area contributed by atoms with E-state index in [1.807, 2.05) is 6.07 Å². The predicted octanol–water partition coefficient (Wildman–Crippen LogP) is 2.32. The van der Waals surface area contributed by atoms with E-state index >= 15 is 0 Å². The number of ether oxygens (including phenoxy) is 1. The molecule has 1 amide bonds. The monoisotopic (exact) mass is 294 g/mol. The second-order valence-corrected chi connectivity index (χ2v) is 4.87. The van der Waals surface area contributed by atoms with Crippen molar-refractivity contribution in [2.45, 2.75) is 0 Å². The maximum absolute atomic E-state index is 11.9. The number of benzene rings is 1. The largest absolute Gasteiger partial charge is 0.495 e. The molecule has 0 aliphatic carbocycles. The van der Waals surface area contributed by atoms with Crippen molar-refractivity contribution in [3.05, 3.63) is 33.2 Å². The summed E-state index contributed by atoms with van der Waals surface area (Å²) in [6.07, 6.45) is 0. The van der Waals surface area contributed by atoms with E-state index in [0.717, 1.165) is 11.3 Å². The Bertz CT molecular complexity index is 665. The average molecular weight is 295 g/mol. The molecule has 8 heteroatoms. The second kappa shape index (κ2) is 5.65. The molecule has 1 heterocycles. The van der Waals surface area contributed by atoms with E-state index in [4.69, 9.17) is 21.6 Å². The summed E-state index contributed by atoms with van der Waals surface area (Å²) in [6.45, 7) is 0. The molecule has 0 bridgehead atoms. The van der Waals surface area contributed by atoms with Gasteiger partial charge in [-0.3, -0.25) is 4.79 Å². The molecule has 0 saturated heterocycles. The van der Waals surface area contributed by atoms with Crippen molar-refractivity contribution >= 4 is 34.5 Å². The fourth-order valence-corrected chi connectivity index (χ4v) is 2.11. The van der Waals surface area contributed by atoms with Gasteiger partial charge in [0, 0.05) is 0 Å². The molecule has 0 radical (unpaired) electrons. The number of amides is 1. The standard InChI is InChI=1S/C11H7ClN4O2S/c1-18-7-4-2-3-6(5-13)8(7)14-9(17)10-15-16-11(12)19-10/h2-4H,1H3,(H,14,17). The van der Waals surface area contributed by atoms with Crippen LogP contribution in [0, 0.1) is 11.3 Å². The van der Waals surface area contributed by atoms with Crippen LogP contribution in [0.5, 0.6) is 5.75 Å². The number of nitrogens with zero attached hydrogens (tertiary/aromatic N) is 3. The number of para-hydroxylation sites is 1. The number of aromatic nitrogens is 2. The lowest BCUT2D eigenvalue weighted by molar-refractivity contribution is 0.102. The van der Waals surface area contributed by atoms with Gasteiger partial charge < -0.3 is 10.1 Å². The number of methoxy groups -OCH3 is 1. The molecule has 6 nitrogen and oxygen atoms in total. The van der Waals surface area contributed by atoms with Crippen LogP contribution in [-0.4, -0.2) is 23.2 Å². The van der Waals surface area contributed by atoms with E-state index in [1.165, 1.54) is 7.11 Å². The van der Waals surface area contributed by atoms with Gasteiger partial charge in [0.15, 0.2) is 0 Å². The molecule has 0 aliphatic heterocycles. The van der Waals surface area contributed by atoms with Crippen molar-refractivity contribution in [3.8, 4) is 11.8 Å². The molecule has 1 aromatic heterocycles. The van der Waals surface area contributed by atoms with E-state index in [-0.39, 0.29) is 9.47 Å². The first kappa shape index (κ1) is 13.3. The fraction of sp³-hybridized carbons (Fsp3) is 0.0909. The Morgan fingerprint density at radius 1 is 1.53 bits per heavy atom. The third-order valence-corrected chi connectivity index (χ3v) is 3.22. The first-order valence-electron chi connectivity index (χ1n) is 5.03. The van der Waals surface area contributed by atoms with Crippen LogP contribution in [-0.2, 0) is 0 Å². The molecule has 96 valence electrons. The van der Waals surface area contributed by atoms with Crippen molar-refractivity contribution in [1.82, 2.24) is 10.2 Å². The lowest BCUT2D eigenvalue weighted by Gasteiger charge is -2.10. The quantitative estimate of drug-likeness (QED) is 0.938. The maximum atomic E-state index is 11.9. The third kappa shape index (κ3) is 2.81. The van der Waals surface area contributed by atoms with Crippen LogP contribution >= 0.6 is 22.9 Å². The van der Waals surface area contributed by atoms with Gasteiger partial charge in [0.25, 0.3) is 5.91 Å². The zero-order valence-electron chi connectivity index (χ0n) is 9.68. The minimum absolute atomic E-state index is 0.111. The molecule has 0 spiro atoms. The number of halogens is 1. The van der Waals surface area contributed by atoms with Crippen LogP contribution in [0.4, 0.5) is 5.69 Å². The highest BCUT2D eigenvalue weighted by atomic mass is 35.5. The molecule has 19 heavy (non-hydrogen) atoms. The van der Waals surface area contributed by atoms with Crippen LogP contribution in [0.25, 0.3) is 0 Å². The number of carbonyl (C=O) groups excluding carboxylic acids is 1. The first-order chi connectivity index (χ1) is 9.15. The van der Waals surface area contributed by atoms with Gasteiger partial charge in [0.05, 0.1) is 12.7 Å². The van der Waals surface area contributed by atoms with Gasteiger partial charge in [-0.1, -0.05) is 17.4 Å². The van der Waals surface area contributed by atoms with Crippen LogP contribution in [0.15, 0.2) is 18.2 Å². The predicted molar refractivity (Wildman–Crippen MR) is 70.6 cm³/mol. The van der Waals surface area contributed by atoms with Crippen LogP contribution < -0.4 is 10.1 Å². The summed E-state index contributed by atoms with van der Waals surface area (Å²) in [5.41, 5.74) is 0.590. The van der Waals surface area contributed by atoms with Crippen LogP contribution in [0.1, 0.15) is 15.4 Å². The smallest absolute Gasteiger partial charge is 0.286 e. The zero-order valence-corrected chi connectivity index (χ0v) is 11.2. The van der Waals surface area contributed by atoms with E-state index in [2.05, 4.69) is 15.5 Å². The summed E-state index contributed by atoms with van der Waals surface area (Å²) >= 11 is 6.56. The Hall–Kier alpha value is -2.17. The van der Waals surface area contributed by atoms with Gasteiger partial charge >= 0.3 is 0 Å². The van der Waals surface area contributed by atoms with Crippen molar-refractivity contribution in [1.29, 1.82) is 5.26 Å². The molecule has 0 aliphatic rings. The highest BCUT2D eigenvalue weighted by Crippen LogP contribution is 2.28. The minimum Gasteiger partial charge on any atom is -0.495 e. The van der Waals surface area contributed by atoms with Gasteiger partial charge in [-0.25, -0.2) is 0 Å². The summed E-state index contributed by atoms with van der Waals surface area (Å²) in [5.74, 6) is -0.103. The Morgan fingerprint density at radius 3 is 2.89 bits per heavy atom. The highest BCUT2D eigenvalue weighted by molar-refractivity contribution is 7.17. The van der Waals surface area contributed by atoms with Crippen molar-refractivity contribution in [2.24, 2.45) is 0 Å². The Labute approximate surface area is 117 Å². The number of hydrogen-bond donors (Lipinski definition) is 1. The Kier molecular flexibility index (Phi) is 3.94. The number of hydrogen-bond acceptors (Lipinski definition) is 6. The summed E-state index contributed by atoms with van der Waals surface area (Å²) in [4.78, 5) is 11.9. The molecule has 1 N–H and O–H groups in total. The molecular weight excluding hydrogens is 288 g/mol. The lowest BCUT2D eigenvalue weighted by atomic mass is 10.2. The van der Waals surface area contributed by atoms with Crippen LogP contribution in [0.2, 0.25) is 4.47 Å². The number of carbonyl (C=O) groups is 1. The number of nitriles is 1. The molecule has 1 aromatic carbocycles. The first-order valence-corrected chi connectivity index (χ1v) is 6.22. The van der Waals surface area contributed by atoms with E-state index in [1.54, 1.807) is 18.2 Å². The Morgan fingerprint density at radius 2 is 2.32 bits per heavy atom. The molecule has 0 saturated carbocycles.